The maximum Gasteiger partial charge on any atom is 0.237 e. The van der Waals surface area contributed by atoms with Crippen LogP contribution in [0.15, 0.2) is 48.5 Å². The Morgan fingerprint density at radius 1 is 0.840 bits per heavy atom. The number of fused-ring (bicyclic) bond motifs is 1. The van der Waals surface area contributed by atoms with Crippen molar-refractivity contribution in [2.75, 3.05) is 4.90 Å². The zero-order chi connectivity index (χ0) is 17.6. The van der Waals surface area contributed by atoms with Crippen LogP contribution in [-0.2, 0) is 9.59 Å². The highest BCUT2D eigenvalue weighted by atomic mass is 35.5. The number of rotatable bonds is 2. The van der Waals surface area contributed by atoms with Gasteiger partial charge in [-0.3, -0.25) is 14.5 Å². The molecule has 3 unspecified atom stereocenters. The van der Waals surface area contributed by atoms with Crippen LogP contribution < -0.4 is 4.90 Å². The van der Waals surface area contributed by atoms with E-state index in [0.29, 0.717) is 21.7 Å². The fourth-order valence-electron chi connectivity index (χ4n) is 4.09. The molecule has 4 rings (SSSR count). The quantitative estimate of drug-likeness (QED) is 0.689. The number of carbonyl (C=O) groups excluding carboxylic acids is 2. The molecule has 1 heterocycles. The molecule has 0 aromatic heterocycles. The van der Waals surface area contributed by atoms with Gasteiger partial charge < -0.3 is 0 Å². The van der Waals surface area contributed by atoms with E-state index in [1.165, 1.54) is 10.5 Å². The minimum absolute atomic E-state index is 0.111. The number of nitrogens with zero attached hydrogens (tertiary/aromatic N) is 1. The SMILES string of the molecule is O=C1C2CCC(c3ccccc3)CC2C(=O)N1c1ccc(Cl)c(Cl)c1. The maximum absolute atomic E-state index is 13.0. The molecule has 3 nitrogen and oxygen atoms in total. The third kappa shape index (κ3) is 2.86. The molecular formula is C20H17Cl2NO2. The molecule has 5 heteroatoms. The van der Waals surface area contributed by atoms with Crippen LogP contribution in [0.3, 0.4) is 0 Å². The van der Waals surface area contributed by atoms with Crippen LogP contribution in [0.5, 0.6) is 0 Å². The number of halogens is 2. The van der Waals surface area contributed by atoms with E-state index in [1.807, 2.05) is 18.2 Å². The lowest BCUT2D eigenvalue weighted by atomic mass is 9.73. The van der Waals surface area contributed by atoms with Crippen LogP contribution in [0.1, 0.15) is 30.7 Å². The van der Waals surface area contributed by atoms with Crippen molar-refractivity contribution in [2.24, 2.45) is 11.8 Å². The van der Waals surface area contributed by atoms with Gasteiger partial charge in [-0.1, -0.05) is 53.5 Å². The summed E-state index contributed by atoms with van der Waals surface area (Å²) in [6.45, 7) is 0. The summed E-state index contributed by atoms with van der Waals surface area (Å²) >= 11 is 12.0. The Balaban J connectivity index is 1.61. The number of anilines is 1. The molecule has 25 heavy (non-hydrogen) atoms. The van der Waals surface area contributed by atoms with Gasteiger partial charge in [-0.05, 0) is 48.9 Å². The fraction of sp³-hybridized carbons (Fsp3) is 0.300. The Kier molecular flexibility index (Phi) is 4.30. The molecule has 2 aliphatic rings. The number of hydrogen-bond donors (Lipinski definition) is 0. The average molecular weight is 374 g/mol. The van der Waals surface area contributed by atoms with Gasteiger partial charge in [-0.15, -0.1) is 0 Å². The first-order valence-electron chi connectivity index (χ1n) is 8.44. The first-order chi connectivity index (χ1) is 12.1. The molecule has 0 radical (unpaired) electrons. The van der Waals surface area contributed by atoms with Gasteiger partial charge in [0.1, 0.15) is 0 Å². The molecule has 128 valence electrons. The summed E-state index contributed by atoms with van der Waals surface area (Å²) in [4.78, 5) is 27.1. The Morgan fingerprint density at radius 3 is 2.28 bits per heavy atom. The predicted molar refractivity (Wildman–Crippen MR) is 99.0 cm³/mol. The molecular weight excluding hydrogens is 357 g/mol. The Labute approximate surface area is 156 Å². The van der Waals surface area contributed by atoms with Gasteiger partial charge in [0.25, 0.3) is 0 Å². The number of imide groups is 1. The van der Waals surface area contributed by atoms with Crippen molar-refractivity contribution in [3.63, 3.8) is 0 Å². The summed E-state index contributed by atoms with van der Waals surface area (Å²) in [6.07, 6.45) is 2.39. The van der Waals surface area contributed by atoms with Crippen LogP contribution in [0, 0.1) is 11.8 Å². The molecule has 2 aromatic carbocycles. The van der Waals surface area contributed by atoms with E-state index in [9.17, 15) is 9.59 Å². The Bertz CT molecular complexity index is 837. The fourth-order valence-corrected chi connectivity index (χ4v) is 4.38. The first kappa shape index (κ1) is 16.6. The summed E-state index contributed by atoms with van der Waals surface area (Å²) in [5.74, 6) is -0.371. The normalized spacial score (nSPS) is 26.0. The van der Waals surface area contributed by atoms with Crippen LogP contribution in [-0.4, -0.2) is 11.8 Å². The maximum atomic E-state index is 13.0. The minimum atomic E-state index is -0.249. The summed E-state index contributed by atoms with van der Waals surface area (Å²) < 4.78 is 0. The van der Waals surface area contributed by atoms with Crippen LogP contribution in [0.4, 0.5) is 5.69 Å². The molecule has 2 aromatic rings. The van der Waals surface area contributed by atoms with Crippen molar-refractivity contribution in [3.05, 3.63) is 64.1 Å². The number of carbonyl (C=O) groups is 2. The van der Waals surface area contributed by atoms with Gasteiger partial charge >= 0.3 is 0 Å². The van der Waals surface area contributed by atoms with Crippen molar-refractivity contribution in [1.82, 2.24) is 0 Å². The molecule has 1 aliphatic heterocycles. The largest absolute Gasteiger partial charge is 0.274 e. The van der Waals surface area contributed by atoms with Crippen molar-refractivity contribution in [2.45, 2.75) is 25.2 Å². The van der Waals surface area contributed by atoms with Crippen molar-refractivity contribution in [3.8, 4) is 0 Å². The van der Waals surface area contributed by atoms with E-state index in [-0.39, 0.29) is 23.7 Å². The second-order valence-electron chi connectivity index (χ2n) is 6.74. The zero-order valence-electron chi connectivity index (χ0n) is 13.5. The van der Waals surface area contributed by atoms with E-state index in [2.05, 4.69) is 12.1 Å². The van der Waals surface area contributed by atoms with Crippen molar-refractivity contribution < 1.29 is 9.59 Å². The van der Waals surface area contributed by atoms with Gasteiger partial charge in [0.15, 0.2) is 0 Å². The standard InChI is InChI=1S/C20H17Cl2NO2/c21-17-9-7-14(11-18(17)22)23-19(24)15-8-6-13(10-16(15)20(23)25)12-4-2-1-3-5-12/h1-5,7,9,11,13,15-16H,6,8,10H2. The zero-order valence-corrected chi connectivity index (χ0v) is 15.0. The summed E-state index contributed by atoms with van der Waals surface area (Å²) in [5.41, 5.74) is 1.75. The highest BCUT2D eigenvalue weighted by Gasteiger charge is 2.50. The van der Waals surface area contributed by atoms with Crippen molar-refractivity contribution in [1.29, 1.82) is 0 Å². The topological polar surface area (TPSA) is 37.4 Å². The minimum Gasteiger partial charge on any atom is -0.274 e. The lowest BCUT2D eigenvalue weighted by Crippen LogP contribution is -2.30. The summed E-state index contributed by atoms with van der Waals surface area (Å²) in [6, 6.07) is 15.1. The van der Waals surface area contributed by atoms with Crippen molar-refractivity contribution >= 4 is 40.7 Å². The molecule has 1 saturated heterocycles. The number of amides is 2. The van der Waals surface area contributed by atoms with Gasteiger partial charge in [-0.25, -0.2) is 0 Å². The second-order valence-corrected chi connectivity index (χ2v) is 7.56. The van der Waals surface area contributed by atoms with E-state index < -0.39 is 0 Å². The van der Waals surface area contributed by atoms with E-state index in [4.69, 9.17) is 23.2 Å². The van der Waals surface area contributed by atoms with E-state index >= 15 is 0 Å². The number of benzene rings is 2. The van der Waals surface area contributed by atoms with Gasteiger partial charge in [0, 0.05) is 0 Å². The molecule has 1 aliphatic carbocycles. The average Bonchev–Trinajstić information content (AvgIpc) is 2.89. The lowest BCUT2D eigenvalue weighted by Gasteiger charge is -2.28. The van der Waals surface area contributed by atoms with Gasteiger partial charge in [-0.2, -0.15) is 0 Å². The Morgan fingerprint density at radius 2 is 1.56 bits per heavy atom. The lowest BCUT2D eigenvalue weighted by molar-refractivity contribution is -0.122. The summed E-state index contributed by atoms with van der Waals surface area (Å²) in [7, 11) is 0. The molecule has 3 atom stereocenters. The third-order valence-corrected chi connectivity index (χ3v) is 6.10. The van der Waals surface area contributed by atoms with Gasteiger partial charge in [0.2, 0.25) is 11.8 Å². The predicted octanol–water partition coefficient (Wildman–Crippen LogP) is 5.07. The van der Waals surface area contributed by atoms with E-state index in [0.717, 1.165) is 19.3 Å². The van der Waals surface area contributed by atoms with Crippen LogP contribution in [0.2, 0.25) is 10.0 Å². The third-order valence-electron chi connectivity index (χ3n) is 5.36. The monoisotopic (exact) mass is 373 g/mol. The van der Waals surface area contributed by atoms with Gasteiger partial charge in [0.05, 0.1) is 27.6 Å². The molecule has 0 N–H and O–H groups in total. The Hall–Kier alpha value is -1.84. The molecule has 1 saturated carbocycles. The number of hydrogen-bond acceptors (Lipinski definition) is 2. The second kappa shape index (κ2) is 6.47. The molecule has 2 fully saturated rings. The summed E-state index contributed by atoms with van der Waals surface area (Å²) in [5, 5.41) is 0.753. The molecule has 2 amide bonds. The highest BCUT2D eigenvalue weighted by Crippen LogP contribution is 2.46. The smallest absolute Gasteiger partial charge is 0.237 e. The first-order valence-corrected chi connectivity index (χ1v) is 9.19. The van der Waals surface area contributed by atoms with Crippen LogP contribution in [0.25, 0.3) is 0 Å². The molecule has 0 bridgehead atoms. The van der Waals surface area contributed by atoms with Crippen LogP contribution >= 0.6 is 23.2 Å². The van der Waals surface area contributed by atoms with E-state index in [1.54, 1.807) is 18.2 Å². The highest BCUT2D eigenvalue weighted by molar-refractivity contribution is 6.42. The molecule has 0 spiro atoms.